The second-order valence-corrected chi connectivity index (χ2v) is 6.40. The van der Waals surface area contributed by atoms with Crippen molar-refractivity contribution in [1.82, 2.24) is 9.80 Å². The third-order valence-electron chi connectivity index (χ3n) is 4.07. The number of aldehydes is 1. The van der Waals surface area contributed by atoms with Gasteiger partial charge in [0.05, 0.1) is 25.3 Å². The molecular weight excluding hydrogens is 300 g/mol. The molecule has 0 unspecified atom stereocenters. The molecule has 2 heterocycles. The summed E-state index contributed by atoms with van der Waals surface area (Å²) < 4.78 is 0. The zero-order valence-electron chi connectivity index (χ0n) is 14.0. The molecule has 2 aliphatic heterocycles. The SMILES string of the molecule is CC(=O)CN1CCC[C@H]1CC=O.CC(=O)CN1C[C@H](O)[C@@H](O)C1. The van der Waals surface area contributed by atoms with Crippen LogP contribution in [0.1, 0.15) is 33.1 Å². The Hall–Kier alpha value is -1.15. The van der Waals surface area contributed by atoms with Crippen LogP contribution in [0.3, 0.4) is 0 Å². The summed E-state index contributed by atoms with van der Waals surface area (Å²) in [5.74, 6) is 0.249. The van der Waals surface area contributed by atoms with Crippen molar-refractivity contribution in [2.45, 2.75) is 51.4 Å². The lowest BCUT2D eigenvalue weighted by Gasteiger charge is -2.20. The summed E-state index contributed by atoms with van der Waals surface area (Å²) in [6, 6.07) is 0.325. The number of hydrogen-bond donors (Lipinski definition) is 2. The van der Waals surface area contributed by atoms with Gasteiger partial charge in [-0.15, -0.1) is 0 Å². The van der Waals surface area contributed by atoms with Crippen LogP contribution < -0.4 is 0 Å². The van der Waals surface area contributed by atoms with Crippen LogP contribution in [0.5, 0.6) is 0 Å². The fourth-order valence-corrected chi connectivity index (χ4v) is 3.06. The van der Waals surface area contributed by atoms with Gasteiger partial charge in [-0.3, -0.25) is 19.4 Å². The molecule has 0 aromatic heterocycles. The van der Waals surface area contributed by atoms with Crippen molar-refractivity contribution < 1.29 is 24.6 Å². The first-order valence-electron chi connectivity index (χ1n) is 8.08. The maximum absolute atomic E-state index is 10.8. The number of aliphatic hydroxyl groups excluding tert-OH is 2. The predicted octanol–water partition coefficient (Wildman–Crippen LogP) is -0.758. The van der Waals surface area contributed by atoms with Gasteiger partial charge in [-0.1, -0.05) is 0 Å². The number of aliphatic hydroxyl groups is 2. The van der Waals surface area contributed by atoms with E-state index >= 15 is 0 Å². The van der Waals surface area contributed by atoms with Crippen LogP contribution in [0, 0.1) is 0 Å². The second kappa shape index (κ2) is 9.87. The summed E-state index contributed by atoms with van der Waals surface area (Å²) in [6.45, 7) is 5.71. The number of carbonyl (C=O) groups excluding carboxylic acids is 3. The van der Waals surface area contributed by atoms with Crippen molar-refractivity contribution in [3.05, 3.63) is 0 Å². The van der Waals surface area contributed by atoms with Crippen molar-refractivity contribution >= 4 is 17.9 Å². The first kappa shape index (κ1) is 19.9. The molecule has 2 saturated heterocycles. The van der Waals surface area contributed by atoms with Gasteiger partial charge in [0.15, 0.2) is 0 Å². The zero-order chi connectivity index (χ0) is 17.4. The van der Waals surface area contributed by atoms with E-state index in [9.17, 15) is 14.4 Å². The number of likely N-dealkylation sites (tertiary alicyclic amines) is 2. The van der Waals surface area contributed by atoms with E-state index in [4.69, 9.17) is 10.2 Å². The van der Waals surface area contributed by atoms with Crippen LogP contribution in [0.15, 0.2) is 0 Å². The van der Waals surface area contributed by atoms with Crippen molar-refractivity contribution in [3.63, 3.8) is 0 Å². The topological polar surface area (TPSA) is 98.2 Å². The van der Waals surface area contributed by atoms with E-state index < -0.39 is 12.2 Å². The molecule has 0 saturated carbocycles. The first-order chi connectivity index (χ1) is 10.8. The number of Topliss-reactive ketones (excluding diaryl/α,β-unsaturated/α-hetero) is 2. The summed E-state index contributed by atoms with van der Waals surface area (Å²) in [5, 5.41) is 18.2. The van der Waals surface area contributed by atoms with Crippen molar-refractivity contribution in [2.24, 2.45) is 0 Å². The fraction of sp³-hybridized carbons (Fsp3) is 0.812. The summed E-state index contributed by atoms with van der Waals surface area (Å²) in [6.07, 6.45) is 2.33. The van der Waals surface area contributed by atoms with Crippen molar-refractivity contribution in [3.8, 4) is 0 Å². The van der Waals surface area contributed by atoms with E-state index in [1.807, 2.05) is 0 Å². The molecule has 0 amide bonds. The molecule has 0 bridgehead atoms. The lowest BCUT2D eigenvalue weighted by atomic mass is 10.1. The zero-order valence-corrected chi connectivity index (χ0v) is 14.0. The molecule has 0 aromatic carbocycles. The van der Waals surface area contributed by atoms with Gasteiger partial charge in [-0.05, 0) is 33.2 Å². The molecule has 7 nitrogen and oxygen atoms in total. The van der Waals surface area contributed by atoms with Crippen molar-refractivity contribution in [1.29, 1.82) is 0 Å². The number of nitrogens with zero attached hydrogens (tertiary/aromatic N) is 2. The van der Waals surface area contributed by atoms with E-state index in [1.54, 1.807) is 11.8 Å². The minimum absolute atomic E-state index is 0.0614. The molecule has 2 N–H and O–H groups in total. The highest BCUT2D eigenvalue weighted by molar-refractivity contribution is 5.78. The van der Waals surface area contributed by atoms with Gasteiger partial charge in [0.25, 0.3) is 0 Å². The van der Waals surface area contributed by atoms with Crippen LogP contribution >= 0.6 is 0 Å². The number of ketones is 2. The maximum Gasteiger partial charge on any atom is 0.143 e. The Morgan fingerprint density at radius 1 is 1.09 bits per heavy atom. The van der Waals surface area contributed by atoms with Gasteiger partial charge in [0.2, 0.25) is 0 Å². The largest absolute Gasteiger partial charge is 0.389 e. The van der Waals surface area contributed by atoms with Gasteiger partial charge in [0.1, 0.15) is 17.9 Å². The molecule has 0 spiro atoms. The number of rotatable bonds is 6. The molecule has 0 aromatic rings. The Bertz CT molecular complexity index is 405. The molecule has 0 radical (unpaired) electrons. The first-order valence-corrected chi connectivity index (χ1v) is 8.08. The molecule has 23 heavy (non-hydrogen) atoms. The third-order valence-corrected chi connectivity index (χ3v) is 4.07. The smallest absolute Gasteiger partial charge is 0.143 e. The average Bonchev–Trinajstić information content (AvgIpc) is 2.97. The highest BCUT2D eigenvalue weighted by atomic mass is 16.3. The van der Waals surface area contributed by atoms with E-state index in [1.165, 1.54) is 6.92 Å². The van der Waals surface area contributed by atoms with E-state index in [2.05, 4.69) is 4.90 Å². The Kier molecular flexibility index (Phi) is 8.54. The van der Waals surface area contributed by atoms with Crippen molar-refractivity contribution in [2.75, 3.05) is 32.7 Å². The lowest BCUT2D eigenvalue weighted by Crippen LogP contribution is -2.33. The molecule has 7 heteroatoms. The number of hydrogen-bond acceptors (Lipinski definition) is 7. The number of carbonyl (C=O) groups is 3. The Labute approximate surface area is 137 Å². The monoisotopic (exact) mass is 328 g/mol. The molecule has 3 atom stereocenters. The summed E-state index contributed by atoms with van der Waals surface area (Å²) >= 11 is 0. The average molecular weight is 328 g/mol. The van der Waals surface area contributed by atoms with Crippen LogP contribution in [-0.4, -0.2) is 88.8 Å². The van der Waals surface area contributed by atoms with Gasteiger partial charge in [-0.25, -0.2) is 0 Å². The van der Waals surface area contributed by atoms with E-state index in [0.29, 0.717) is 38.6 Å². The highest BCUT2D eigenvalue weighted by Gasteiger charge is 2.29. The predicted molar refractivity (Wildman–Crippen MR) is 85.1 cm³/mol. The highest BCUT2D eigenvalue weighted by Crippen LogP contribution is 2.18. The van der Waals surface area contributed by atoms with Crippen LogP contribution in [0.25, 0.3) is 0 Å². The molecule has 132 valence electrons. The van der Waals surface area contributed by atoms with E-state index in [0.717, 1.165) is 25.7 Å². The molecule has 2 fully saturated rings. The van der Waals surface area contributed by atoms with Gasteiger partial charge in [-0.2, -0.15) is 0 Å². The molecular formula is C16H28N2O5. The van der Waals surface area contributed by atoms with Crippen LogP contribution in [-0.2, 0) is 14.4 Å². The standard InChI is InChI=1S/C9H15NO2.C7H13NO3/c1-8(12)7-10-5-2-3-9(10)4-6-11;1-5(9)2-8-3-6(10)7(11)4-8/h6,9H,2-5,7H2,1H3;6-7,10-11H,2-4H2,1H3/t9-;6-,7-/m00/s1. The van der Waals surface area contributed by atoms with Crippen LogP contribution in [0.4, 0.5) is 0 Å². The van der Waals surface area contributed by atoms with Gasteiger partial charge >= 0.3 is 0 Å². The summed E-state index contributed by atoms with van der Waals surface area (Å²) in [4.78, 5) is 35.6. The summed E-state index contributed by atoms with van der Waals surface area (Å²) in [5.41, 5.74) is 0. The van der Waals surface area contributed by atoms with Crippen LogP contribution in [0.2, 0.25) is 0 Å². The summed E-state index contributed by atoms with van der Waals surface area (Å²) in [7, 11) is 0. The minimum Gasteiger partial charge on any atom is -0.389 e. The molecule has 2 rings (SSSR count). The minimum atomic E-state index is -0.686. The Balaban J connectivity index is 0.000000231. The second-order valence-electron chi connectivity index (χ2n) is 6.40. The Morgan fingerprint density at radius 3 is 2.13 bits per heavy atom. The number of β-amino-alcohol motifs (C(OH)–C–C–N with tert-alkyl or cyclic N) is 2. The molecule has 2 aliphatic rings. The lowest BCUT2D eigenvalue weighted by molar-refractivity contribution is -0.119. The third kappa shape index (κ3) is 7.30. The quantitative estimate of drug-likeness (QED) is 0.619. The maximum atomic E-state index is 10.8. The normalized spacial score (nSPS) is 28.3. The van der Waals surface area contributed by atoms with Gasteiger partial charge in [0, 0.05) is 25.6 Å². The van der Waals surface area contributed by atoms with E-state index in [-0.39, 0.29) is 11.6 Å². The molecule has 0 aliphatic carbocycles. The fourth-order valence-electron chi connectivity index (χ4n) is 3.06. The Morgan fingerprint density at radius 2 is 1.65 bits per heavy atom. The van der Waals surface area contributed by atoms with Gasteiger partial charge < -0.3 is 15.0 Å².